The van der Waals surface area contributed by atoms with Gasteiger partial charge in [-0.15, -0.1) is 6.58 Å². The van der Waals surface area contributed by atoms with Crippen molar-refractivity contribution in [2.75, 3.05) is 59.8 Å². The Hall–Kier alpha value is -2.99. The molecule has 10 nitrogen and oxygen atoms in total. The molecule has 0 heterocycles. The summed E-state index contributed by atoms with van der Waals surface area (Å²) in [6, 6.07) is 15.1. The van der Waals surface area contributed by atoms with E-state index in [-0.39, 0.29) is 30.5 Å². The number of methoxy groups -OCH3 is 1. The maximum Gasteiger partial charge on any atom is 0.246 e. The molecular formula is C40H60N2O8. The van der Waals surface area contributed by atoms with Crippen molar-refractivity contribution in [3.05, 3.63) is 72.3 Å². The lowest BCUT2D eigenvalue weighted by molar-refractivity contribution is -0.131. The molecular weight excluding hydrogens is 636 g/mol. The Bertz CT molecular complexity index is 1270. The van der Waals surface area contributed by atoms with E-state index in [0.29, 0.717) is 63.5 Å². The van der Waals surface area contributed by atoms with E-state index in [2.05, 4.69) is 11.9 Å². The Kier molecular flexibility index (Phi) is 17.6. The predicted octanol–water partition coefficient (Wildman–Crippen LogP) is 5.52. The molecule has 2 aromatic carbocycles. The lowest BCUT2D eigenvalue weighted by atomic mass is 9.90. The maximum absolute atomic E-state index is 12.8. The average molecular weight is 697 g/mol. The summed E-state index contributed by atoms with van der Waals surface area (Å²) < 4.78 is 29.3. The van der Waals surface area contributed by atoms with Crippen LogP contribution in [0.15, 0.2) is 61.2 Å². The van der Waals surface area contributed by atoms with Gasteiger partial charge in [0.2, 0.25) is 5.91 Å². The number of hydrogen-bond acceptors (Lipinski definition) is 9. The summed E-state index contributed by atoms with van der Waals surface area (Å²) in [7, 11) is 1.63. The first-order chi connectivity index (χ1) is 24.4. The number of ether oxygens (including phenoxy) is 5. The molecule has 2 saturated carbocycles. The topological polar surface area (TPSA) is 142 Å². The molecule has 0 radical (unpaired) electrons. The third-order valence-corrected chi connectivity index (χ3v) is 10.1. The minimum absolute atomic E-state index is 0.0832. The van der Waals surface area contributed by atoms with E-state index in [9.17, 15) is 15.0 Å². The van der Waals surface area contributed by atoms with Gasteiger partial charge in [0.1, 0.15) is 18.1 Å². The van der Waals surface area contributed by atoms with Crippen LogP contribution in [0.3, 0.4) is 0 Å². The Balaban J connectivity index is 1.20. The molecule has 0 saturated heterocycles. The van der Waals surface area contributed by atoms with Crippen molar-refractivity contribution in [3.8, 4) is 11.5 Å². The summed E-state index contributed by atoms with van der Waals surface area (Å²) in [6.07, 6.45) is 9.51. The number of hydrogen-bond donors (Lipinski definition) is 4. The zero-order chi connectivity index (χ0) is 35.6. The van der Waals surface area contributed by atoms with Gasteiger partial charge in [-0.2, -0.15) is 0 Å². The van der Waals surface area contributed by atoms with Gasteiger partial charge < -0.3 is 44.9 Å². The van der Waals surface area contributed by atoms with Gasteiger partial charge in [0, 0.05) is 26.1 Å². The number of aliphatic hydroxyl groups is 2. The Labute approximate surface area is 298 Å². The standard InChI is InChI=1S/C40H60N2O8/c1-3-31(24-41)40(45)34-12-8-14-36(23-34)49-26-30-15-16-33(21-30)38(27-47-20-19-46-2)50-28-39(44)42-18-17-37(43)32-11-7-13-35(22-32)48-25-29-9-5-4-6-10-29/h3,7-8,11-14,22-23,29-31,33,37-38,40,43,45H,1,4-6,9-10,15-21,24-28,41H2,2H3,(H,42,44)/t30?,31-,33?,37?,38?,40-/m1/s1. The lowest BCUT2D eigenvalue weighted by Crippen LogP contribution is -2.35. The highest BCUT2D eigenvalue weighted by atomic mass is 16.5. The fourth-order valence-corrected chi connectivity index (χ4v) is 7.00. The third kappa shape index (κ3) is 13.3. The van der Waals surface area contributed by atoms with Crippen LogP contribution in [0.25, 0.3) is 0 Å². The van der Waals surface area contributed by atoms with Crippen LogP contribution in [0.5, 0.6) is 11.5 Å². The number of carbonyl (C=O) groups excluding carboxylic acids is 1. The summed E-state index contributed by atoms with van der Waals surface area (Å²) in [4.78, 5) is 12.8. The van der Waals surface area contributed by atoms with Crippen molar-refractivity contribution in [1.29, 1.82) is 0 Å². The quantitative estimate of drug-likeness (QED) is 0.0873. The first-order valence-corrected chi connectivity index (χ1v) is 18.5. The van der Waals surface area contributed by atoms with E-state index in [1.54, 1.807) is 13.2 Å². The van der Waals surface area contributed by atoms with Gasteiger partial charge in [0.05, 0.1) is 51.3 Å². The summed E-state index contributed by atoms with van der Waals surface area (Å²) >= 11 is 0. The van der Waals surface area contributed by atoms with Crippen LogP contribution < -0.4 is 20.5 Å². The van der Waals surface area contributed by atoms with Crippen molar-refractivity contribution in [2.24, 2.45) is 29.4 Å². The van der Waals surface area contributed by atoms with Gasteiger partial charge in [-0.05, 0) is 91.7 Å². The fourth-order valence-electron chi connectivity index (χ4n) is 7.00. The van der Waals surface area contributed by atoms with E-state index in [1.165, 1.54) is 32.1 Å². The molecule has 50 heavy (non-hydrogen) atoms. The molecule has 2 aliphatic carbocycles. The van der Waals surface area contributed by atoms with Gasteiger partial charge in [0.15, 0.2) is 0 Å². The second-order valence-corrected chi connectivity index (χ2v) is 13.9. The van der Waals surface area contributed by atoms with E-state index in [4.69, 9.17) is 29.4 Å². The molecule has 0 aliphatic heterocycles. The van der Waals surface area contributed by atoms with Gasteiger partial charge in [-0.25, -0.2) is 0 Å². The van der Waals surface area contributed by atoms with Crippen LogP contribution in [0.2, 0.25) is 0 Å². The molecule has 10 heteroatoms. The molecule has 1 amide bonds. The van der Waals surface area contributed by atoms with E-state index < -0.39 is 12.2 Å². The van der Waals surface area contributed by atoms with E-state index in [1.807, 2.05) is 48.5 Å². The number of aliphatic hydroxyl groups excluding tert-OH is 2. The van der Waals surface area contributed by atoms with Crippen LogP contribution >= 0.6 is 0 Å². The molecule has 2 fully saturated rings. The highest BCUT2D eigenvalue weighted by Gasteiger charge is 2.32. The van der Waals surface area contributed by atoms with Crippen LogP contribution in [-0.2, 0) is 19.0 Å². The predicted molar refractivity (Wildman–Crippen MR) is 194 cm³/mol. The first-order valence-electron chi connectivity index (χ1n) is 18.5. The summed E-state index contributed by atoms with van der Waals surface area (Å²) in [5.74, 6) is 2.19. The van der Waals surface area contributed by atoms with Crippen LogP contribution in [-0.4, -0.2) is 82.1 Å². The molecule has 0 bridgehead atoms. The van der Waals surface area contributed by atoms with Gasteiger partial charge in [-0.3, -0.25) is 4.79 Å². The largest absolute Gasteiger partial charge is 0.493 e. The summed E-state index contributed by atoms with van der Waals surface area (Å²) in [5.41, 5.74) is 7.31. The summed E-state index contributed by atoms with van der Waals surface area (Å²) in [5, 5.41) is 24.4. The number of nitrogens with one attached hydrogen (secondary N) is 1. The van der Waals surface area contributed by atoms with E-state index >= 15 is 0 Å². The second-order valence-electron chi connectivity index (χ2n) is 13.9. The highest BCUT2D eigenvalue weighted by molar-refractivity contribution is 5.77. The SMILES string of the molecule is C=C[C@H](CN)[C@@H](O)c1cccc(OCC2CCC(C(COCCOC)OCC(=O)NCCC(O)c3cccc(OCC4CCCCC4)c3)C2)c1. The molecule has 5 N–H and O–H groups in total. The number of rotatable bonds is 23. The Morgan fingerprint density at radius 1 is 0.960 bits per heavy atom. The Morgan fingerprint density at radius 2 is 1.66 bits per heavy atom. The fraction of sp³-hybridized carbons (Fsp3) is 0.625. The lowest BCUT2D eigenvalue weighted by Gasteiger charge is -2.24. The molecule has 4 rings (SSSR count). The normalized spacial score (nSPS) is 20.5. The molecule has 0 spiro atoms. The molecule has 6 atom stereocenters. The van der Waals surface area contributed by atoms with E-state index in [0.717, 1.165) is 42.7 Å². The molecule has 0 aromatic heterocycles. The minimum Gasteiger partial charge on any atom is -0.493 e. The van der Waals surface area contributed by atoms with Crippen LogP contribution in [0.4, 0.5) is 0 Å². The zero-order valence-corrected chi connectivity index (χ0v) is 29.9. The van der Waals surface area contributed by atoms with Crippen molar-refractivity contribution < 1.29 is 38.7 Å². The van der Waals surface area contributed by atoms with Crippen molar-refractivity contribution in [1.82, 2.24) is 5.32 Å². The average Bonchev–Trinajstić information content (AvgIpc) is 3.63. The highest BCUT2D eigenvalue weighted by Crippen LogP contribution is 2.35. The molecule has 4 unspecified atom stereocenters. The van der Waals surface area contributed by atoms with Gasteiger partial charge >= 0.3 is 0 Å². The van der Waals surface area contributed by atoms with Crippen molar-refractivity contribution in [2.45, 2.75) is 76.1 Å². The van der Waals surface area contributed by atoms with Crippen LogP contribution in [0.1, 0.15) is 81.1 Å². The minimum atomic E-state index is -0.734. The monoisotopic (exact) mass is 696 g/mol. The maximum atomic E-state index is 12.8. The smallest absolute Gasteiger partial charge is 0.246 e. The second kappa shape index (κ2) is 22.1. The van der Waals surface area contributed by atoms with Crippen molar-refractivity contribution in [3.63, 3.8) is 0 Å². The van der Waals surface area contributed by atoms with Crippen LogP contribution in [0, 0.1) is 23.7 Å². The summed E-state index contributed by atoms with van der Waals surface area (Å²) in [6.45, 7) is 6.91. The number of amides is 1. The van der Waals surface area contributed by atoms with Gasteiger partial charge in [0.25, 0.3) is 0 Å². The molecule has 2 aromatic rings. The number of benzene rings is 2. The number of carbonyl (C=O) groups is 1. The zero-order valence-electron chi connectivity index (χ0n) is 29.9. The Morgan fingerprint density at radius 3 is 2.36 bits per heavy atom. The molecule has 278 valence electrons. The molecule has 2 aliphatic rings. The third-order valence-electron chi connectivity index (χ3n) is 10.1. The first kappa shape index (κ1) is 39.8. The number of nitrogens with two attached hydrogens (primary N) is 1. The van der Waals surface area contributed by atoms with Gasteiger partial charge in [-0.1, -0.05) is 49.6 Å². The van der Waals surface area contributed by atoms with Crippen molar-refractivity contribution >= 4 is 5.91 Å².